The molecular weight excluding hydrogens is 487 g/mol. The van der Waals surface area contributed by atoms with Crippen molar-refractivity contribution in [2.24, 2.45) is 5.41 Å². The zero-order chi connectivity index (χ0) is 27.2. The van der Waals surface area contributed by atoms with E-state index in [-0.39, 0.29) is 30.3 Å². The molecule has 0 radical (unpaired) electrons. The van der Waals surface area contributed by atoms with Crippen molar-refractivity contribution in [1.82, 2.24) is 5.32 Å². The summed E-state index contributed by atoms with van der Waals surface area (Å²) >= 11 is 0. The molecule has 0 bridgehead atoms. The van der Waals surface area contributed by atoms with Crippen LogP contribution >= 0.6 is 0 Å². The topological polar surface area (TPSA) is 73.9 Å². The zero-order valence-corrected chi connectivity index (χ0v) is 20.5. The van der Waals surface area contributed by atoms with Gasteiger partial charge in [-0.05, 0) is 49.9 Å². The number of amides is 1. The molecule has 3 aromatic rings. The number of halogens is 3. The summed E-state index contributed by atoms with van der Waals surface area (Å²) in [7, 11) is 0. The van der Waals surface area contributed by atoms with Gasteiger partial charge in [0.05, 0.1) is 17.6 Å². The van der Waals surface area contributed by atoms with Crippen LogP contribution < -0.4 is 14.8 Å². The van der Waals surface area contributed by atoms with Gasteiger partial charge in [0.1, 0.15) is 24.1 Å². The lowest BCUT2D eigenvalue weighted by molar-refractivity contribution is -0.274. The van der Waals surface area contributed by atoms with Gasteiger partial charge < -0.3 is 19.5 Å². The van der Waals surface area contributed by atoms with Crippen molar-refractivity contribution in [3.8, 4) is 23.8 Å². The smallest absolute Gasteiger partial charge is 0.487 e. The molecule has 0 spiro atoms. The van der Waals surface area contributed by atoms with Gasteiger partial charge in [0, 0.05) is 5.39 Å². The average Bonchev–Trinajstić information content (AvgIpc) is 2.85. The minimum Gasteiger partial charge on any atom is -0.487 e. The van der Waals surface area contributed by atoms with E-state index < -0.39 is 29.7 Å². The lowest BCUT2D eigenvalue weighted by atomic mass is 9.85. The fourth-order valence-corrected chi connectivity index (χ4v) is 3.57. The van der Waals surface area contributed by atoms with Crippen LogP contribution in [0.3, 0.4) is 0 Å². The number of ether oxygens (including phenoxy) is 3. The first-order valence-corrected chi connectivity index (χ1v) is 11.4. The molecule has 1 N–H and O–H groups in total. The van der Waals surface area contributed by atoms with Crippen molar-refractivity contribution in [2.45, 2.75) is 39.8 Å². The third-order valence-electron chi connectivity index (χ3n) is 5.56. The number of nitrogens with one attached hydrogen (secondary N) is 1. The molecule has 1 atom stereocenters. The largest absolute Gasteiger partial charge is 0.573 e. The fraction of sp³-hybridized carbons (Fsp3) is 0.286. The first-order chi connectivity index (χ1) is 17.4. The highest BCUT2D eigenvalue weighted by Crippen LogP contribution is 2.32. The summed E-state index contributed by atoms with van der Waals surface area (Å²) in [5, 5.41) is 4.12. The van der Waals surface area contributed by atoms with Gasteiger partial charge in [0.2, 0.25) is 0 Å². The van der Waals surface area contributed by atoms with Gasteiger partial charge in [-0.15, -0.1) is 19.6 Å². The van der Waals surface area contributed by atoms with Crippen LogP contribution in [0.25, 0.3) is 10.8 Å². The van der Waals surface area contributed by atoms with E-state index in [0.29, 0.717) is 10.9 Å². The van der Waals surface area contributed by atoms with Crippen molar-refractivity contribution in [3.05, 3.63) is 71.8 Å². The molecule has 3 rings (SSSR count). The van der Waals surface area contributed by atoms with Gasteiger partial charge in [0.15, 0.2) is 0 Å². The van der Waals surface area contributed by atoms with Crippen LogP contribution in [-0.2, 0) is 16.1 Å². The lowest BCUT2D eigenvalue weighted by Crippen LogP contribution is -2.50. The lowest BCUT2D eigenvalue weighted by Gasteiger charge is -2.28. The van der Waals surface area contributed by atoms with E-state index in [1.54, 1.807) is 45.0 Å². The van der Waals surface area contributed by atoms with E-state index in [9.17, 15) is 22.8 Å². The van der Waals surface area contributed by atoms with Gasteiger partial charge in [0.25, 0.3) is 5.91 Å². The molecule has 0 aromatic heterocycles. The molecule has 6 nitrogen and oxygen atoms in total. The molecule has 37 heavy (non-hydrogen) atoms. The van der Waals surface area contributed by atoms with Crippen LogP contribution in [0.5, 0.6) is 11.5 Å². The Kier molecular flexibility index (Phi) is 8.33. The third kappa shape index (κ3) is 6.94. The maximum Gasteiger partial charge on any atom is 0.573 e. The predicted molar refractivity (Wildman–Crippen MR) is 132 cm³/mol. The summed E-state index contributed by atoms with van der Waals surface area (Å²) < 4.78 is 52.3. The molecule has 3 aromatic carbocycles. The quantitative estimate of drug-likeness (QED) is 0.296. The summed E-state index contributed by atoms with van der Waals surface area (Å²) in [6.45, 7) is 5.00. The summed E-state index contributed by atoms with van der Waals surface area (Å²) in [4.78, 5) is 26.0. The van der Waals surface area contributed by atoms with Crippen LogP contribution in [0, 0.1) is 17.8 Å². The molecule has 0 aliphatic rings. The fourth-order valence-electron chi connectivity index (χ4n) is 3.57. The summed E-state index contributed by atoms with van der Waals surface area (Å²) in [5.41, 5.74) is -0.343. The Hall–Kier alpha value is -4.19. The summed E-state index contributed by atoms with van der Waals surface area (Å²) in [5.74, 6) is 1.14. The van der Waals surface area contributed by atoms with Crippen molar-refractivity contribution in [2.75, 3.05) is 6.61 Å². The average molecular weight is 514 g/mol. The Morgan fingerprint density at radius 1 is 1.03 bits per heavy atom. The maximum atomic E-state index is 13.4. The van der Waals surface area contributed by atoms with Crippen LogP contribution in [0.2, 0.25) is 0 Å². The number of rotatable bonds is 9. The number of carbonyl (C=O) groups is 2. The number of terminal acetylenes is 1. The maximum absolute atomic E-state index is 13.4. The number of alkyl halides is 3. The molecule has 0 aliphatic heterocycles. The first kappa shape index (κ1) is 27.4. The Bertz CT molecular complexity index is 1310. The van der Waals surface area contributed by atoms with Crippen molar-refractivity contribution >= 4 is 22.6 Å². The Labute approximate surface area is 212 Å². The summed E-state index contributed by atoms with van der Waals surface area (Å²) in [6, 6.07) is 14.6. The molecule has 0 aliphatic carbocycles. The van der Waals surface area contributed by atoms with E-state index in [1.165, 1.54) is 24.3 Å². The van der Waals surface area contributed by atoms with Crippen molar-refractivity contribution in [3.63, 3.8) is 0 Å². The highest BCUT2D eigenvalue weighted by molar-refractivity contribution is 6.05. The van der Waals surface area contributed by atoms with E-state index >= 15 is 0 Å². The monoisotopic (exact) mass is 513 g/mol. The number of hydrogen-bond acceptors (Lipinski definition) is 5. The normalized spacial score (nSPS) is 12.4. The van der Waals surface area contributed by atoms with Crippen molar-refractivity contribution < 1.29 is 37.0 Å². The van der Waals surface area contributed by atoms with E-state index in [2.05, 4.69) is 16.0 Å². The zero-order valence-electron chi connectivity index (χ0n) is 20.5. The van der Waals surface area contributed by atoms with E-state index in [1.807, 2.05) is 12.1 Å². The number of fused-ring (bicyclic) bond motifs is 1. The first-order valence-electron chi connectivity index (χ1n) is 11.4. The molecule has 0 fully saturated rings. The van der Waals surface area contributed by atoms with Gasteiger partial charge in [-0.1, -0.05) is 48.4 Å². The van der Waals surface area contributed by atoms with Gasteiger partial charge >= 0.3 is 12.3 Å². The van der Waals surface area contributed by atoms with Crippen molar-refractivity contribution in [1.29, 1.82) is 0 Å². The standard InChI is InChI=1S/C28H26F3NO5/c1-5-27(3,4)24(26(34)35-6-2)32-25(33)22-16-13-19-9-7-8-10-21(19)23(22)36-17-18-11-14-20(15-12-18)37-28(29,30)31/h1,7-16,24H,6,17H2,2-4H3,(H,32,33). The number of esters is 1. The number of benzene rings is 3. The Morgan fingerprint density at radius 3 is 2.32 bits per heavy atom. The predicted octanol–water partition coefficient (Wildman–Crippen LogP) is 5.64. The number of carbonyl (C=O) groups excluding carboxylic acids is 2. The molecule has 9 heteroatoms. The molecule has 1 unspecified atom stereocenters. The minimum absolute atomic E-state index is 0.0439. The van der Waals surface area contributed by atoms with Gasteiger partial charge in [-0.3, -0.25) is 4.79 Å². The third-order valence-corrected chi connectivity index (χ3v) is 5.56. The molecule has 0 saturated carbocycles. The van der Waals surface area contributed by atoms with Crippen LogP contribution in [0.1, 0.15) is 36.7 Å². The highest BCUT2D eigenvalue weighted by Gasteiger charge is 2.37. The molecule has 0 heterocycles. The van der Waals surface area contributed by atoms with E-state index in [4.69, 9.17) is 15.9 Å². The van der Waals surface area contributed by atoms with Crippen LogP contribution in [0.4, 0.5) is 13.2 Å². The van der Waals surface area contributed by atoms with E-state index in [0.717, 1.165) is 5.39 Å². The molecule has 0 saturated heterocycles. The molecule has 194 valence electrons. The second-order valence-electron chi connectivity index (χ2n) is 8.67. The van der Waals surface area contributed by atoms with Gasteiger partial charge in [-0.25, -0.2) is 4.79 Å². The second-order valence-corrected chi connectivity index (χ2v) is 8.67. The highest BCUT2D eigenvalue weighted by atomic mass is 19.4. The Morgan fingerprint density at radius 2 is 1.70 bits per heavy atom. The molecular formula is C28H26F3NO5. The van der Waals surface area contributed by atoms with Gasteiger partial charge in [-0.2, -0.15) is 0 Å². The van der Waals surface area contributed by atoms with Crippen LogP contribution in [0.15, 0.2) is 60.7 Å². The van der Waals surface area contributed by atoms with Crippen LogP contribution in [-0.4, -0.2) is 30.9 Å². The number of hydrogen-bond donors (Lipinski definition) is 1. The minimum atomic E-state index is -4.79. The SMILES string of the molecule is C#CC(C)(C)C(NC(=O)c1ccc2ccccc2c1OCc1ccc(OC(F)(F)F)cc1)C(=O)OCC. The Balaban J connectivity index is 1.91. The second kappa shape index (κ2) is 11.2. The molecule has 1 amide bonds. The summed E-state index contributed by atoms with van der Waals surface area (Å²) in [6.07, 6.45) is 0.818.